The lowest BCUT2D eigenvalue weighted by Gasteiger charge is -2.21. The standard InChI is InChI=1S/C14H15F2O5PS/c1-3-20-22(19,21-4-2)13(16)8-5-6-10-9(12(8)15)7-11(23-10)14(17)18/h5-7,13H,3-4H2,1-2H3,(H,17,18)/t13-/m1/s1. The molecule has 1 aromatic carbocycles. The van der Waals surface area contributed by atoms with Crippen molar-refractivity contribution in [2.45, 2.75) is 19.8 Å². The minimum absolute atomic E-state index is 0.0351. The number of hydrogen-bond donors (Lipinski definition) is 1. The van der Waals surface area contributed by atoms with Gasteiger partial charge in [-0.1, -0.05) is 6.07 Å². The summed E-state index contributed by atoms with van der Waals surface area (Å²) in [7, 11) is -4.17. The zero-order valence-corrected chi connectivity index (χ0v) is 14.1. The van der Waals surface area contributed by atoms with Crippen LogP contribution in [0.1, 0.15) is 35.0 Å². The van der Waals surface area contributed by atoms with Gasteiger partial charge in [-0.15, -0.1) is 11.3 Å². The molecule has 0 fully saturated rings. The molecule has 0 amide bonds. The van der Waals surface area contributed by atoms with Crippen LogP contribution in [0.2, 0.25) is 0 Å². The van der Waals surface area contributed by atoms with Gasteiger partial charge in [0.1, 0.15) is 10.7 Å². The highest BCUT2D eigenvalue weighted by atomic mass is 32.1. The second-order valence-electron chi connectivity index (χ2n) is 4.51. The number of rotatable bonds is 7. The van der Waals surface area contributed by atoms with Gasteiger partial charge in [0.2, 0.25) is 5.91 Å². The third kappa shape index (κ3) is 3.45. The van der Waals surface area contributed by atoms with E-state index in [0.717, 1.165) is 23.5 Å². The number of benzene rings is 1. The van der Waals surface area contributed by atoms with E-state index in [4.69, 9.17) is 14.2 Å². The third-order valence-corrected chi connectivity index (χ3v) is 6.19. The van der Waals surface area contributed by atoms with Crippen molar-refractivity contribution >= 4 is 35.0 Å². The van der Waals surface area contributed by atoms with Crippen LogP contribution in [0.5, 0.6) is 0 Å². The summed E-state index contributed by atoms with van der Waals surface area (Å²) in [6, 6.07) is 3.65. The Balaban J connectivity index is 2.52. The van der Waals surface area contributed by atoms with Crippen molar-refractivity contribution in [1.82, 2.24) is 0 Å². The molecule has 0 saturated carbocycles. The van der Waals surface area contributed by atoms with Crippen LogP contribution in [0, 0.1) is 5.82 Å². The first-order chi connectivity index (χ1) is 10.8. The smallest absolute Gasteiger partial charge is 0.369 e. The highest BCUT2D eigenvalue weighted by Crippen LogP contribution is 2.62. The molecule has 1 aromatic heterocycles. The number of aromatic carboxylic acids is 1. The summed E-state index contributed by atoms with van der Waals surface area (Å²) in [4.78, 5) is 10.9. The number of alkyl halides is 1. The van der Waals surface area contributed by atoms with E-state index >= 15 is 0 Å². The number of halogens is 2. The Bertz CT molecular complexity index is 766. The lowest BCUT2D eigenvalue weighted by Crippen LogP contribution is -2.04. The summed E-state index contributed by atoms with van der Waals surface area (Å²) in [6.07, 6.45) is 0. The molecule has 0 saturated heterocycles. The predicted molar refractivity (Wildman–Crippen MR) is 83.4 cm³/mol. The molecular formula is C14H15F2O5PS. The summed E-state index contributed by atoms with van der Waals surface area (Å²) in [5.41, 5.74) is -0.475. The number of carboxylic acid groups (broad SMARTS) is 1. The molecule has 0 aliphatic heterocycles. The summed E-state index contributed by atoms with van der Waals surface area (Å²) >= 11 is 0.874. The van der Waals surface area contributed by atoms with Crippen LogP contribution in [0.3, 0.4) is 0 Å². The molecule has 0 spiro atoms. The highest BCUT2D eigenvalue weighted by molar-refractivity contribution is 7.54. The number of fused-ring (bicyclic) bond motifs is 1. The van der Waals surface area contributed by atoms with Gasteiger partial charge in [-0.25, -0.2) is 13.6 Å². The average molecular weight is 364 g/mol. The van der Waals surface area contributed by atoms with E-state index in [9.17, 15) is 18.1 Å². The lowest BCUT2D eigenvalue weighted by molar-refractivity contribution is 0.0702. The minimum atomic E-state index is -4.17. The van der Waals surface area contributed by atoms with E-state index in [2.05, 4.69) is 0 Å². The Labute approximate surface area is 135 Å². The van der Waals surface area contributed by atoms with E-state index in [1.165, 1.54) is 19.9 Å². The second-order valence-corrected chi connectivity index (χ2v) is 7.64. The second kappa shape index (κ2) is 7.05. The zero-order valence-electron chi connectivity index (χ0n) is 12.4. The Kier molecular flexibility index (Phi) is 5.52. The van der Waals surface area contributed by atoms with Gasteiger partial charge in [0.05, 0.1) is 13.2 Å². The molecule has 5 nitrogen and oxygen atoms in total. The molecule has 9 heteroatoms. The molecule has 2 aromatic rings. The van der Waals surface area contributed by atoms with Crippen molar-refractivity contribution in [2.24, 2.45) is 0 Å². The fourth-order valence-corrected chi connectivity index (χ4v) is 4.57. The molecular weight excluding hydrogens is 349 g/mol. The van der Waals surface area contributed by atoms with E-state index in [-0.39, 0.29) is 23.5 Å². The van der Waals surface area contributed by atoms with Gasteiger partial charge >= 0.3 is 13.6 Å². The van der Waals surface area contributed by atoms with Gasteiger partial charge in [-0.2, -0.15) is 0 Å². The first kappa shape index (κ1) is 18.0. The molecule has 1 N–H and O–H groups in total. The number of carbonyl (C=O) groups is 1. The molecule has 2 rings (SSSR count). The zero-order chi connectivity index (χ0) is 17.2. The van der Waals surface area contributed by atoms with Crippen LogP contribution in [-0.4, -0.2) is 24.3 Å². The maximum absolute atomic E-state index is 14.6. The topological polar surface area (TPSA) is 72.8 Å². The third-order valence-electron chi connectivity index (χ3n) is 3.03. The summed E-state index contributed by atoms with van der Waals surface area (Å²) < 4.78 is 51.8. The Morgan fingerprint density at radius 3 is 2.48 bits per heavy atom. The van der Waals surface area contributed by atoms with Crippen LogP contribution in [-0.2, 0) is 13.6 Å². The first-order valence-corrected chi connectivity index (χ1v) is 9.25. The van der Waals surface area contributed by atoms with Crippen molar-refractivity contribution in [3.8, 4) is 0 Å². The maximum atomic E-state index is 14.6. The molecule has 0 aliphatic carbocycles. The fraction of sp³-hybridized carbons (Fsp3) is 0.357. The highest BCUT2D eigenvalue weighted by Gasteiger charge is 2.39. The van der Waals surface area contributed by atoms with Crippen molar-refractivity contribution < 1.29 is 32.3 Å². The van der Waals surface area contributed by atoms with Gasteiger partial charge in [0.15, 0.2) is 0 Å². The van der Waals surface area contributed by atoms with Crippen LogP contribution in [0.4, 0.5) is 8.78 Å². The molecule has 1 atom stereocenters. The van der Waals surface area contributed by atoms with Gasteiger partial charge in [0, 0.05) is 15.6 Å². The molecule has 0 radical (unpaired) electrons. The quantitative estimate of drug-likeness (QED) is 0.702. The number of thiophene rings is 1. The van der Waals surface area contributed by atoms with Crippen LogP contribution in [0.25, 0.3) is 10.1 Å². The van der Waals surface area contributed by atoms with E-state index in [1.54, 1.807) is 0 Å². The molecule has 0 bridgehead atoms. The van der Waals surface area contributed by atoms with Crippen LogP contribution in [0.15, 0.2) is 18.2 Å². The maximum Gasteiger partial charge on any atom is 0.369 e. The monoisotopic (exact) mass is 364 g/mol. The molecule has 1 heterocycles. The average Bonchev–Trinajstić information content (AvgIpc) is 2.93. The lowest BCUT2D eigenvalue weighted by atomic mass is 10.1. The van der Waals surface area contributed by atoms with E-state index in [0.29, 0.717) is 4.70 Å². The normalized spacial score (nSPS) is 13.4. The summed E-state index contributed by atoms with van der Waals surface area (Å²) in [5, 5.41) is 8.92. The van der Waals surface area contributed by atoms with Gasteiger partial charge in [-0.05, 0) is 26.0 Å². The molecule has 0 unspecified atom stereocenters. The SMILES string of the molecule is CCOP(=O)(OCC)[C@@H](F)c1ccc2sc(C(=O)O)cc2c1F. The molecule has 23 heavy (non-hydrogen) atoms. The van der Waals surface area contributed by atoms with Crippen molar-refractivity contribution in [3.63, 3.8) is 0 Å². The first-order valence-electron chi connectivity index (χ1n) is 6.82. The van der Waals surface area contributed by atoms with Crippen molar-refractivity contribution in [1.29, 1.82) is 0 Å². The molecule has 126 valence electrons. The van der Waals surface area contributed by atoms with Crippen molar-refractivity contribution in [3.05, 3.63) is 34.5 Å². The number of hydrogen-bond acceptors (Lipinski definition) is 5. The minimum Gasteiger partial charge on any atom is -0.477 e. The Morgan fingerprint density at radius 2 is 1.96 bits per heavy atom. The van der Waals surface area contributed by atoms with Gasteiger partial charge in [0.25, 0.3) is 0 Å². The Hall–Kier alpha value is -1.34. The summed E-state index contributed by atoms with van der Waals surface area (Å²) in [5.74, 6) is -4.45. The van der Waals surface area contributed by atoms with E-state index < -0.39 is 30.9 Å². The number of carboxylic acids is 1. The van der Waals surface area contributed by atoms with Crippen LogP contribution < -0.4 is 0 Å². The van der Waals surface area contributed by atoms with Gasteiger partial charge in [-0.3, -0.25) is 4.57 Å². The van der Waals surface area contributed by atoms with E-state index in [1.807, 2.05) is 0 Å². The molecule has 0 aliphatic rings. The van der Waals surface area contributed by atoms with Crippen molar-refractivity contribution in [2.75, 3.05) is 13.2 Å². The predicted octanol–water partition coefficient (Wildman–Crippen LogP) is 4.97. The summed E-state index contributed by atoms with van der Waals surface area (Å²) in [6.45, 7) is 2.94. The largest absolute Gasteiger partial charge is 0.477 e. The van der Waals surface area contributed by atoms with Gasteiger partial charge < -0.3 is 14.2 Å². The Morgan fingerprint density at radius 1 is 1.35 bits per heavy atom. The fourth-order valence-electron chi connectivity index (χ4n) is 2.08. The van der Waals surface area contributed by atoms with Crippen LogP contribution >= 0.6 is 18.9 Å².